The van der Waals surface area contributed by atoms with Gasteiger partial charge in [-0.25, -0.2) is 0 Å². The van der Waals surface area contributed by atoms with Gasteiger partial charge in [-0.15, -0.1) is 0 Å². The van der Waals surface area contributed by atoms with Crippen molar-refractivity contribution in [1.82, 2.24) is 0 Å². The van der Waals surface area contributed by atoms with E-state index < -0.39 is 0 Å². The Labute approximate surface area is 81.2 Å². The normalized spacial score (nSPS) is 12.9. The molecule has 1 rings (SSSR count). The van der Waals surface area contributed by atoms with Crippen LogP contribution in [0.5, 0.6) is 0 Å². The Balaban J connectivity index is 2.35. The van der Waals surface area contributed by atoms with Crippen LogP contribution in [0, 0.1) is 11.8 Å². The van der Waals surface area contributed by atoms with Gasteiger partial charge in [0.15, 0.2) is 0 Å². The predicted molar refractivity (Wildman–Crippen MR) is 58.9 cm³/mol. The van der Waals surface area contributed by atoms with Crippen molar-refractivity contribution in [2.75, 3.05) is 11.9 Å². The number of nitrogens with one attached hydrogen (secondary N) is 1. The van der Waals surface area contributed by atoms with Crippen molar-refractivity contribution in [3.05, 3.63) is 30.3 Å². The van der Waals surface area contributed by atoms with Crippen molar-refractivity contribution in [2.24, 2.45) is 11.8 Å². The zero-order valence-corrected chi connectivity index (χ0v) is 8.75. The van der Waals surface area contributed by atoms with Gasteiger partial charge in [0, 0.05) is 12.2 Å². The second kappa shape index (κ2) is 4.90. The van der Waals surface area contributed by atoms with E-state index in [4.69, 9.17) is 0 Å². The molecular weight excluding hydrogens is 158 g/mol. The molecule has 1 N–H and O–H groups in total. The highest BCUT2D eigenvalue weighted by atomic mass is 14.9. The van der Waals surface area contributed by atoms with Crippen LogP contribution in [0.25, 0.3) is 0 Å². The smallest absolute Gasteiger partial charge is 0.0340 e. The molecule has 1 unspecified atom stereocenters. The highest BCUT2D eigenvalue weighted by molar-refractivity contribution is 5.42. The Morgan fingerprint density at radius 1 is 1.08 bits per heavy atom. The molecule has 13 heavy (non-hydrogen) atoms. The van der Waals surface area contributed by atoms with E-state index in [0.717, 1.165) is 18.4 Å². The Morgan fingerprint density at radius 3 is 2.23 bits per heavy atom. The molecule has 1 aromatic rings. The average Bonchev–Trinajstić information content (AvgIpc) is 2.15. The number of anilines is 1. The number of benzene rings is 1. The quantitative estimate of drug-likeness (QED) is 0.743. The molecule has 0 saturated heterocycles. The third-order valence-corrected chi connectivity index (χ3v) is 2.54. The van der Waals surface area contributed by atoms with Gasteiger partial charge in [0.25, 0.3) is 0 Å². The summed E-state index contributed by atoms with van der Waals surface area (Å²) >= 11 is 0. The van der Waals surface area contributed by atoms with Crippen molar-refractivity contribution in [1.29, 1.82) is 0 Å². The van der Waals surface area contributed by atoms with Crippen LogP contribution < -0.4 is 5.32 Å². The molecule has 72 valence electrons. The molecule has 0 aromatic heterocycles. The molecule has 0 bridgehead atoms. The second-order valence-corrected chi connectivity index (χ2v) is 3.97. The standard InChI is InChI=1S/C12H19N/c1-10(2)11(3)9-13-12-7-5-4-6-8-12/h4-8,10-11,13H,9H2,1-3H3. The van der Waals surface area contributed by atoms with E-state index in [1.165, 1.54) is 5.69 Å². The summed E-state index contributed by atoms with van der Waals surface area (Å²) in [6.45, 7) is 7.86. The van der Waals surface area contributed by atoms with E-state index in [2.05, 4.69) is 50.4 Å². The lowest BCUT2D eigenvalue weighted by molar-refractivity contribution is 0.440. The number of hydrogen-bond acceptors (Lipinski definition) is 1. The molecule has 0 aliphatic heterocycles. The lowest BCUT2D eigenvalue weighted by atomic mass is 9.98. The third-order valence-electron chi connectivity index (χ3n) is 2.54. The topological polar surface area (TPSA) is 12.0 Å². The zero-order chi connectivity index (χ0) is 9.68. The maximum Gasteiger partial charge on any atom is 0.0340 e. The van der Waals surface area contributed by atoms with Gasteiger partial charge in [-0.3, -0.25) is 0 Å². The molecule has 1 nitrogen and oxygen atoms in total. The van der Waals surface area contributed by atoms with Crippen LogP contribution in [0.1, 0.15) is 20.8 Å². The summed E-state index contributed by atoms with van der Waals surface area (Å²) in [4.78, 5) is 0. The SMILES string of the molecule is CC(C)C(C)CNc1ccccc1. The van der Waals surface area contributed by atoms with Gasteiger partial charge < -0.3 is 5.32 Å². The lowest BCUT2D eigenvalue weighted by Gasteiger charge is -2.16. The lowest BCUT2D eigenvalue weighted by Crippen LogP contribution is -2.16. The number of hydrogen-bond donors (Lipinski definition) is 1. The number of rotatable bonds is 4. The Bertz CT molecular complexity index is 228. The maximum atomic E-state index is 3.43. The summed E-state index contributed by atoms with van der Waals surface area (Å²) in [6.07, 6.45) is 0. The molecular formula is C12H19N. The van der Waals surface area contributed by atoms with Gasteiger partial charge in [0.1, 0.15) is 0 Å². The van der Waals surface area contributed by atoms with Crippen molar-refractivity contribution in [2.45, 2.75) is 20.8 Å². The van der Waals surface area contributed by atoms with Crippen molar-refractivity contribution in [3.8, 4) is 0 Å². The second-order valence-electron chi connectivity index (χ2n) is 3.97. The number of para-hydroxylation sites is 1. The fraction of sp³-hybridized carbons (Fsp3) is 0.500. The fourth-order valence-electron chi connectivity index (χ4n) is 1.07. The van der Waals surface area contributed by atoms with Crippen LogP contribution in [0.3, 0.4) is 0 Å². The highest BCUT2D eigenvalue weighted by Gasteiger charge is 2.05. The molecule has 1 heteroatoms. The highest BCUT2D eigenvalue weighted by Crippen LogP contribution is 2.11. The maximum absolute atomic E-state index is 3.43. The van der Waals surface area contributed by atoms with Gasteiger partial charge >= 0.3 is 0 Å². The summed E-state index contributed by atoms with van der Waals surface area (Å²) in [5.74, 6) is 1.47. The molecule has 0 heterocycles. The first-order chi connectivity index (χ1) is 6.20. The zero-order valence-electron chi connectivity index (χ0n) is 8.75. The molecule has 1 aromatic carbocycles. The largest absolute Gasteiger partial charge is 0.385 e. The predicted octanol–water partition coefficient (Wildman–Crippen LogP) is 3.39. The van der Waals surface area contributed by atoms with Crippen molar-refractivity contribution < 1.29 is 0 Å². The summed E-state index contributed by atoms with van der Waals surface area (Å²) in [6, 6.07) is 10.4. The minimum atomic E-state index is 0.722. The fourth-order valence-corrected chi connectivity index (χ4v) is 1.07. The van der Waals surface area contributed by atoms with E-state index in [0.29, 0.717) is 0 Å². The first kappa shape index (κ1) is 10.1. The van der Waals surface area contributed by atoms with E-state index >= 15 is 0 Å². The molecule has 0 radical (unpaired) electrons. The van der Waals surface area contributed by atoms with Crippen LogP contribution >= 0.6 is 0 Å². The van der Waals surface area contributed by atoms with Crippen molar-refractivity contribution in [3.63, 3.8) is 0 Å². The van der Waals surface area contributed by atoms with Gasteiger partial charge in [0.05, 0.1) is 0 Å². The monoisotopic (exact) mass is 177 g/mol. The molecule has 0 aliphatic rings. The first-order valence-electron chi connectivity index (χ1n) is 4.99. The summed E-state index contributed by atoms with van der Waals surface area (Å²) < 4.78 is 0. The van der Waals surface area contributed by atoms with Gasteiger partial charge in [0.2, 0.25) is 0 Å². The third kappa shape index (κ3) is 3.49. The van der Waals surface area contributed by atoms with Gasteiger partial charge in [-0.1, -0.05) is 39.0 Å². The molecule has 0 aliphatic carbocycles. The van der Waals surface area contributed by atoms with Crippen molar-refractivity contribution >= 4 is 5.69 Å². The van der Waals surface area contributed by atoms with Gasteiger partial charge in [-0.05, 0) is 24.0 Å². The van der Waals surface area contributed by atoms with Crippen LogP contribution in [0.15, 0.2) is 30.3 Å². The van der Waals surface area contributed by atoms with E-state index in [1.54, 1.807) is 0 Å². The van der Waals surface area contributed by atoms with E-state index in [1.807, 2.05) is 6.07 Å². The Morgan fingerprint density at radius 2 is 1.69 bits per heavy atom. The first-order valence-corrected chi connectivity index (χ1v) is 4.99. The summed E-state index contributed by atoms with van der Waals surface area (Å²) in [5, 5.41) is 3.43. The molecule has 0 fully saturated rings. The van der Waals surface area contributed by atoms with E-state index in [-0.39, 0.29) is 0 Å². The van der Waals surface area contributed by atoms with Crippen LogP contribution in [0.4, 0.5) is 5.69 Å². The minimum Gasteiger partial charge on any atom is -0.385 e. The molecule has 0 saturated carbocycles. The summed E-state index contributed by atoms with van der Waals surface area (Å²) in [7, 11) is 0. The summed E-state index contributed by atoms with van der Waals surface area (Å²) in [5.41, 5.74) is 1.22. The molecule has 0 amide bonds. The van der Waals surface area contributed by atoms with E-state index in [9.17, 15) is 0 Å². The average molecular weight is 177 g/mol. The molecule has 0 spiro atoms. The molecule has 1 atom stereocenters. The van der Waals surface area contributed by atoms with Crippen LogP contribution in [-0.2, 0) is 0 Å². The minimum absolute atomic E-state index is 0.722. The van der Waals surface area contributed by atoms with Gasteiger partial charge in [-0.2, -0.15) is 0 Å². The van der Waals surface area contributed by atoms with Crippen LogP contribution in [0.2, 0.25) is 0 Å². The van der Waals surface area contributed by atoms with Crippen LogP contribution in [-0.4, -0.2) is 6.54 Å². The Kier molecular flexibility index (Phi) is 3.81. The Hall–Kier alpha value is -0.980.